The van der Waals surface area contributed by atoms with E-state index in [9.17, 15) is 4.79 Å². The van der Waals surface area contributed by atoms with Crippen molar-refractivity contribution < 1.29 is 10.0 Å². The van der Waals surface area contributed by atoms with Crippen molar-refractivity contribution in [1.29, 1.82) is 0 Å². The molecular formula is C10H11ClN2O2. The molecule has 0 unspecified atom stereocenters. The molecular weight excluding hydrogens is 216 g/mol. The number of hydrogen-bond acceptors (Lipinski definition) is 3. The van der Waals surface area contributed by atoms with E-state index in [1.54, 1.807) is 12.1 Å². The Bertz CT molecular complexity index is 391. The largest absolute Gasteiger partial charge is 0.349 e. The zero-order valence-corrected chi connectivity index (χ0v) is 8.71. The van der Waals surface area contributed by atoms with Gasteiger partial charge in [0, 0.05) is 11.6 Å². The number of halogens is 1. The minimum atomic E-state index is -0.134. The number of amides is 1. The van der Waals surface area contributed by atoms with Crippen LogP contribution >= 0.6 is 11.6 Å². The van der Waals surface area contributed by atoms with Crippen molar-refractivity contribution in [3.63, 3.8) is 0 Å². The molecule has 4 nitrogen and oxygen atoms in total. The van der Waals surface area contributed by atoms with Gasteiger partial charge in [0.1, 0.15) is 0 Å². The number of carbonyl (C=O) groups is 1. The molecule has 0 aliphatic heterocycles. The molecule has 1 aliphatic carbocycles. The maximum Gasteiger partial charge on any atom is 0.251 e. The van der Waals surface area contributed by atoms with Crippen LogP contribution in [0.3, 0.4) is 0 Å². The van der Waals surface area contributed by atoms with Crippen molar-refractivity contribution in [2.75, 3.05) is 5.48 Å². The quantitative estimate of drug-likeness (QED) is 0.692. The van der Waals surface area contributed by atoms with Crippen LogP contribution in [0.2, 0.25) is 5.02 Å². The molecule has 0 aromatic heterocycles. The minimum absolute atomic E-state index is 0.134. The molecule has 80 valence electrons. The van der Waals surface area contributed by atoms with Crippen LogP contribution in [-0.4, -0.2) is 17.2 Å². The van der Waals surface area contributed by atoms with Crippen molar-refractivity contribution in [3.8, 4) is 0 Å². The monoisotopic (exact) mass is 226 g/mol. The van der Waals surface area contributed by atoms with Crippen LogP contribution in [0.25, 0.3) is 0 Å². The SMILES string of the molecule is O=C(NC1CC1)c1ccc(Cl)c(NO)c1. The zero-order valence-electron chi connectivity index (χ0n) is 7.96. The molecule has 1 amide bonds. The van der Waals surface area contributed by atoms with Crippen LogP contribution in [0.15, 0.2) is 18.2 Å². The summed E-state index contributed by atoms with van der Waals surface area (Å²) in [6.45, 7) is 0. The lowest BCUT2D eigenvalue weighted by Gasteiger charge is -2.06. The first-order valence-electron chi connectivity index (χ1n) is 4.71. The van der Waals surface area contributed by atoms with Gasteiger partial charge in [0.25, 0.3) is 5.91 Å². The zero-order chi connectivity index (χ0) is 10.8. The van der Waals surface area contributed by atoms with E-state index in [-0.39, 0.29) is 5.91 Å². The molecule has 1 aromatic rings. The van der Waals surface area contributed by atoms with Crippen molar-refractivity contribution in [2.24, 2.45) is 0 Å². The molecule has 1 fully saturated rings. The Labute approximate surface area is 92.2 Å². The van der Waals surface area contributed by atoms with E-state index in [0.29, 0.717) is 22.3 Å². The predicted octanol–water partition coefficient (Wildman–Crippen LogP) is 2.03. The van der Waals surface area contributed by atoms with Crippen LogP contribution in [0.5, 0.6) is 0 Å². The third-order valence-electron chi connectivity index (χ3n) is 2.26. The summed E-state index contributed by atoms with van der Waals surface area (Å²) >= 11 is 5.76. The van der Waals surface area contributed by atoms with Crippen LogP contribution in [0.4, 0.5) is 5.69 Å². The molecule has 0 saturated heterocycles. The first-order chi connectivity index (χ1) is 7.20. The summed E-state index contributed by atoms with van der Waals surface area (Å²) < 4.78 is 0. The van der Waals surface area contributed by atoms with Gasteiger partial charge in [0.15, 0.2) is 0 Å². The second-order valence-corrected chi connectivity index (χ2v) is 3.96. The molecule has 5 heteroatoms. The van der Waals surface area contributed by atoms with Gasteiger partial charge in [-0.2, -0.15) is 0 Å². The Morgan fingerprint density at radius 3 is 2.80 bits per heavy atom. The molecule has 0 atom stereocenters. The number of hydrogen-bond donors (Lipinski definition) is 3. The van der Waals surface area contributed by atoms with Crippen LogP contribution < -0.4 is 10.8 Å². The summed E-state index contributed by atoms with van der Waals surface area (Å²) in [4.78, 5) is 11.6. The summed E-state index contributed by atoms with van der Waals surface area (Å²) in [5.74, 6) is -0.134. The fourth-order valence-corrected chi connectivity index (χ4v) is 1.41. The molecule has 0 radical (unpaired) electrons. The molecule has 2 rings (SSSR count). The molecule has 15 heavy (non-hydrogen) atoms. The molecule has 1 aromatic carbocycles. The Balaban J connectivity index is 2.16. The van der Waals surface area contributed by atoms with E-state index in [4.69, 9.17) is 16.8 Å². The summed E-state index contributed by atoms with van der Waals surface area (Å²) in [7, 11) is 0. The van der Waals surface area contributed by atoms with E-state index in [1.165, 1.54) is 6.07 Å². The van der Waals surface area contributed by atoms with Gasteiger partial charge in [-0.3, -0.25) is 15.5 Å². The van der Waals surface area contributed by atoms with Gasteiger partial charge < -0.3 is 5.32 Å². The lowest BCUT2D eigenvalue weighted by atomic mass is 10.2. The molecule has 1 saturated carbocycles. The van der Waals surface area contributed by atoms with Crippen molar-refractivity contribution >= 4 is 23.2 Å². The fraction of sp³-hybridized carbons (Fsp3) is 0.300. The van der Waals surface area contributed by atoms with Gasteiger partial charge in [0.05, 0.1) is 10.7 Å². The molecule has 0 spiro atoms. The lowest BCUT2D eigenvalue weighted by molar-refractivity contribution is 0.0951. The highest BCUT2D eigenvalue weighted by Crippen LogP contribution is 2.23. The highest BCUT2D eigenvalue weighted by atomic mass is 35.5. The number of nitrogens with one attached hydrogen (secondary N) is 2. The Kier molecular flexibility index (Phi) is 2.79. The third kappa shape index (κ3) is 2.40. The maximum absolute atomic E-state index is 11.6. The predicted molar refractivity (Wildman–Crippen MR) is 57.3 cm³/mol. The number of benzene rings is 1. The fourth-order valence-electron chi connectivity index (χ4n) is 1.25. The number of rotatable bonds is 3. The summed E-state index contributed by atoms with van der Waals surface area (Å²) in [6.07, 6.45) is 2.09. The second kappa shape index (κ2) is 4.08. The van der Waals surface area contributed by atoms with Crippen LogP contribution in [0.1, 0.15) is 23.2 Å². The summed E-state index contributed by atoms with van der Waals surface area (Å²) in [6, 6.07) is 5.03. The average Bonchev–Trinajstić information content (AvgIpc) is 3.02. The van der Waals surface area contributed by atoms with Crippen molar-refractivity contribution in [3.05, 3.63) is 28.8 Å². The average molecular weight is 227 g/mol. The van der Waals surface area contributed by atoms with Gasteiger partial charge in [0.2, 0.25) is 0 Å². The van der Waals surface area contributed by atoms with E-state index in [2.05, 4.69) is 5.32 Å². The highest BCUT2D eigenvalue weighted by molar-refractivity contribution is 6.33. The standard InChI is InChI=1S/C10H11ClN2O2/c11-8-4-1-6(5-9(8)13-15)10(14)12-7-2-3-7/h1,4-5,7,13,15H,2-3H2,(H,12,14). The Morgan fingerprint density at radius 2 is 2.20 bits per heavy atom. The molecule has 1 aliphatic rings. The lowest BCUT2D eigenvalue weighted by Crippen LogP contribution is -2.25. The smallest absolute Gasteiger partial charge is 0.251 e. The van der Waals surface area contributed by atoms with Gasteiger partial charge in [-0.1, -0.05) is 11.6 Å². The molecule has 3 N–H and O–H groups in total. The number of carbonyl (C=O) groups excluding carboxylic acids is 1. The summed E-state index contributed by atoms with van der Waals surface area (Å²) in [5, 5.41) is 12.0. The first-order valence-corrected chi connectivity index (χ1v) is 5.09. The van der Waals surface area contributed by atoms with Gasteiger partial charge in [-0.15, -0.1) is 0 Å². The minimum Gasteiger partial charge on any atom is -0.349 e. The van der Waals surface area contributed by atoms with E-state index >= 15 is 0 Å². The maximum atomic E-state index is 11.6. The van der Waals surface area contributed by atoms with Gasteiger partial charge in [-0.25, -0.2) is 0 Å². The van der Waals surface area contributed by atoms with Crippen molar-refractivity contribution in [2.45, 2.75) is 18.9 Å². The van der Waals surface area contributed by atoms with E-state index in [0.717, 1.165) is 12.8 Å². The van der Waals surface area contributed by atoms with Crippen molar-refractivity contribution in [1.82, 2.24) is 5.32 Å². The number of anilines is 1. The van der Waals surface area contributed by atoms with Crippen LogP contribution in [-0.2, 0) is 0 Å². The topological polar surface area (TPSA) is 61.4 Å². The van der Waals surface area contributed by atoms with Crippen LogP contribution in [0, 0.1) is 0 Å². The Hall–Kier alpha value is -1.26. The Morgan fingerprint density at radius 1 is 1.47 bits per heavy atom. The van der Waals surface area contributed by atoms with E-state index in [1.807, 2.05) is 5.48 Å². The summed E-state index contributed by atoms with van der Waals surface area (Å²) in [5.41, 5.74) is 2.77. The second-order valence-electron chi connectivity index (χ2n) is 3.55. The van der Waals surface area contributed by atoms with E-state index < -0.39 is 0 Å². The van der Waals surface area contributed by atoms with Gasteiger partial charge >= 0.3 is 0 Å². The normalized spacial score (nSPS) is 14.8. The molecule has 0 heterocycles. The third-order valence-corrected chi connectivity index (χ3v) is 2.59. The van der Waals surface area contributed by atoms with Gasteiger partial charge in [-0.05, 0) is 31.0 Å². The first kappa shape index (κ1) is 10.3. The highest BCUT2D eigenvalue weighted by Gasteiger charge is 2.23. The molecule has 0 bridgehead atoms.